The summed E-state index contributed by atoms with van der Waals surface area (Å²) in [5, 5.41) is 4.07. The lowest BCUT2D eigenvalue weighted by atomic mass is 10.00. The number of benzene rings is 3. The average Bonchev–Trinajstić information content (AvgIpc) is 2.85. The van der Waals surface area contributed by atoms with Crippen molar-refractivity contribution >= 4 is 39.0 Å². The SMILES string of the molecule is O=C1C=CC(=O)N1c1cc2ccccc2c2ccccc12. The predicted octanol–water partition coefficient (Wildman–Crippen LogP) is 3.42. The molecule has 1 heterocycles. The molecule has 0 radical (unpaired) electrons. The summed E-state index contributed by atoms with van der Waals surface area (Å²) in [6.45, 7) is 0. The third-order valence-electron chi connectivity index (χ3n) is 3.80. The van der Waals surface area contributed by atoms with Gasteiger partial charge >= 0.3 is 0 Å². The molecule has 21 heavy (non-hydrogen) atoms. The van der Waals surface area contributed by atoms with Crippen LogP contribution in [0.15, 0.2) is 66.7 Å². The van der Waals surface area contributed by atoms with Crippen molar-refractivity contribution < 1.29 is 9.59 Å². The Morgan fingerprint density at radius 1 is 0.667 bits per heavy atom. The van der Waals surface area contributed by atoms with Crippen molar-refractivity contribution in [1.29, 1.82) is 0 Å². The van der Waals surface area contributed by atoms with Gasteiger partial charge in [0, 0.05) is 17.5 Å². The Labute approximate surface area is 121 Å². The van der Waals surface area contributed by atoms with Crippen LogP contribution in [0.2, 0.25) is 0 Å². The first kappa shape index (κ1) is 11.9. The second-order valence-electron chi connectivity index (χ2n) is 5.01. The van der Waals surface area contributed by atoms with Crippen molar-refractivity contribution in [2.75, 3.05) is 4.90 Å². The number of hydrogen-bond acceptors (Lipinski definition) is 2. The van der Waals surface area contributed by atoms with Gasteiger partial charge in [-0.25, -0.2) is 4.90 Å². The summed E-state index contributed by atoms with van der Waals surface area (Å²) in [4.78, 5) is 25.2. The molecule has 3 aromatic carbocycles. The Balaban J connectivity index is 2.12. The van der Waals surface area contributed by atoms with E-state index in [0.29, 0.717) is 5.69 Å². The van der Waals surface area contributed by atoms with E-state index in [9.17, 15) is 9.59 Å². The second kappa shape index (κ2) is 4.28. The van der Waals surface area contributed by atoms with E-state index >= 15 is 0 Å². The molecule has 3 aromatic rings. The Morgan fingerprint density at radius 3 is 1.95 bits per heavy atom. The zero-order valence-electron chi connectivity index (χ0n) is 11.1. The molecule has 3 nitrogen and oxygen atoms in total. The summed E-state index contributed by atoms with van der Waals surface area (Å²) in [6.07, 6.45) is 2.62. The van der Waals surface area contributed by atoms with Crippen LogP contribution in [-0.4, -0.2) is 11.8 Å². The zero-order valence-corrected chi connectivity index (χ0v) is 11.1. The fraction of sp³-hybridized carbons (Fsp3) is 0. The molecule has 0 bridgehead atoms. The number of fused-ring (bicyclic) bond motifs is 3. The fourth-order valence-corrected chi connectivity index (χ4v) is 2.86. The smallest absolute Gasteiger partial charge is 0.258 e. The van der Waals surface area contributed by atoms with E-state index in [4.69, 9.17) is 0 Å². The van der Waals surface area contributed by atoms with Gasteiger partial charge in [0.25, 0.3) is 11.8 Å². The van der Waals surface area contributed by atoms with Crippen LogP contribution in [0, 0.1) is 0 Å². The van der Waals surface area contributed by atoms with Crippen molar-refractivity contribution in [1.82, 2.24) is 0 Å². The van der Waals surface area contributed by atoms with Gasteiger partial charge in [-0.1, -0.05) is 48.5 Å². The van der Waals surface area contributed by atoms with E-state index in [2.05, 4.69) is 0 Å². The lowest BCUT2D eigenvalue weighted by Gasteiger charge is -2.18. The van der Waals surface area contributed by atoms with Crippen LogP contribution in [0.25, 0.3) is 21.5 Å². The standard InChI is InChI=1S/C18H11NO2/c20-17-9-10-18(21)19(17)16-11-12-5-1-2-6-13(12)14-7-3-4-8-15(14)16/h1-11H. The minimum atomic E-state index is -0.291. The maximum Gasteiger partial charge on any atom is 0.258 e. The van der Waals surface area contributed by atoms with E-state index in [-0.39, 0.29) is 11.8 Å². The summed E-state index contributed by atoms with van der Waals surface area (Å²) < 4.78 is 0. The Kier molecular flexibility index (Phi) is 2.42. The summed E-state index contributed by atoms with van der Waals surface area (Å²) in [5.41, 5.74) is 0.643. The number of amides is 2. The van der Waals surface area contributed by atoms with Gasteiger partial charge in [-0.2, -0.15) is 0 Å². The Bertz CT molecular complexity index is 922. The van der Waals surface area contributed by atoms with E-state index in [1.165, 1.54) is 17.1 Å². The van der Waals surface area contributed by atoms with Crippen LogP contribution < -0.4 is 4.90 Å². The van der Waals surface area contributed by atoms with E-state index in [1.54, 1.807) is 0 Å². The molecule has 1 aliphatic heterocycles. The fourth-order valence-electron chi connectivity index (χ4n) is 2.86. The van der Waals surface area contributed by atoms with E-state index in [1.807, 2.05) is 54.6 Å². The highest BCUT2D eigenvalue weighted by atomic mass is 16.2. The third kappa shape index (κ3) is 1.68. The number of hydrogen-bond donors (Lipinski definition) is 0. The number of rotatable bonds is 1. The second-order valence-corrected chi connectivity index (χ2v) is 5.01. The molecule has 0 aromatic heterocycles. The van der Waals surface area contributed by atoms with Gasteiger partial charge in [0.2, 0.25) is 0 Å². The molecule has 2 amide bonds. The summed E-state index contributed by atoms with van der Waals surface area (Å²) in [5.74, 6) is -0.583. The summed E-state index contributed by atoms with van der Waals surface area (Å²) in [6, 6.07) is 17.7. The molecule has 0 atom stereocenters. The third-order valence-corrected chi connectivity index (χ3v) is 3.80. The molecular weight excluding hydrogens is 262 g/mol. The van der Waals surface area contributed by atoms with E-state index < -0.39 is 0 Å². The highest BCUT2D eigenvalue weighted by Gasteiger charge is 2.27. The van der Waals surface area contributed by atoms with Gasteiger partial charge in [0.15, 0.2) is 0 Å². The molecule has 0 saturated heterocycles. The molecule has 3 heteroatoms. The van der Waals surface area contributed by atoms with Crippen molar-refractivity contribution in [2.24, 2.45) is 0 Å². The Hall–Kier alpha value is -2.94. The van der Waals surface area contributed by atoms with Crippen molar-refractivity contribution in [3.05, 3.63) is 66.7 Å². The molecule has 4 rings (SSSR count). The van der Waals surface area contributed by atoms with Crippen LogP contribution in [0.1, 0.15) is 0 Å². The molecule has 0 spiro atoms. The number of anilines is 1. The highest BCUT2D eigenvalue weighted by Crippen LogP contribution is 2.35. The lowest BCUT2D eigenvalue weighted by molar-refractivity contribution is -0.119. The zero-order chi connectivity index (χ0) is 14.4. The van der Waals surface area contributed by atoms with Crippen molar-refractivity contribution in [2.45, 2.75) is 0 Å². The monoisotopic (exact) mass is 273 g/mol. The first-order valence-electron chi connectivity index (χ1n) is 6.72. The van der Waals surface area contributed by atoms with Crippen molar-refractivity contribution in [3.63, 3.8) is 0 Å². The van der Waals surface area contributed by atoms with Crippen LogP contribution in [0.4, 0.5) is 5.69 Å². The van der Waals surface area contributed by atoms with Gasteiger partial charge in [-0.3, -0.25) is 9.59 Å². The molecule has 0 saturated carbocycles. The minimum Gasteiger partial charge on any atom is -0.269 e. The number of nitrogens with zero attached hydrogens (tertiary/aromatic N) is 1. The molecule has 0 unspecified atom stereocenters. The summed E-state index contributed by atoms with van der Waals surface area (Å²) >= 11 is 0. The lowest BCUT2D eigenvalue weighted by Crippen LogP contribution is -2.29. The van der Waals surface area contributed by atoms with Gasteiger partial charge in [0.05, 0.1) is 5.69 Å². The number of carbonyl (C=O) groups excluding carboxylic acids is 2. The molecular formula is C18H11NO2. The largest absolute Gasteiger partial charge is 0.269 e. The molecule has 1 aliphatic rings. The normalized spacial score (nSPS) is 14.6. The maximum absolute atomic E-state index is 12.0. The molecule has 0 N–H and O–H groups in total. The van der Waals surface area contributed by atoms with Gasteiger partial charge < -0.3 is 0 Å². The van der Waals surface area contributed by atoms with Crippen LogP contribution in [-0.2, 0) is 9.59 Å². The number of imide groups is 1. The molecule has 100 valence electrons. The predicted molar refractivity (Wildman–Crippen MR) is 83.1 cm³/mol. The highest BCUT2D eigenvalue weighted by molar-refractivity contribution is 6.31. The van der Waals surface area contributed by atoms with Gasteiger partial charge in [0.1, 0.15) is 0 Å². The van der Waals surface area contributed by atoms with Crippen LogP contribution in [0.3, 0.4) is 0 Å². The van der Waals surface area contributed by atoms with Crippen molar-refractivity contribution in [3.8, 4) is 0 Å². The average molecular weight is 273 g/mol. The van der Waals surface area contributed by atoms with Gasteiger partial charge in [-0.05, 0) is 22.2 Å². The first-order valence-corrected chi connectivity index (χ1v) is 6.72. The Morgan fingerprint density at radius 2 is 1.24 bits per heavy atom. The van der Waals surface area contributed by atoms with Crippen LogP contribution in [0.5, 0.6) is 0 Å². The maximum atomic E-state index is 12.0. The topological polar surface area (TPSA) is 37.4 Å². The molecule has 0 aliphatic carbocycles. The first-order chi connectivity index (χ1) is 10.3. The van der Waals surface area contributed by atoms with Gasteiger partial charge in [-0.15, -0.1) is 0 Å². The molecule has 0 fully saturated rings. The van der Waals surface area contributed by atoms with Crippen LogP contribution >= 0.6 is 0 Å². The number of carbonyl (C=O) groups is 2. The van der Waals surface area contributed by atoms with E-state index in [0.717, 1.165) is 21.5 Å². The quantitative estimate of drug-likeness (QED) is 0.503. The minimum absolute atomic E-state index is 0.291. The summed E-state index contributed by atoms with van der Waals surface area (Å²) in [7, 11) is 0.